The molecule has 0 aliphatic rings. The van der Waals surface area contributed by atoms with Gasteiger partial charge in [-0.05, 0) is 12.1 Å². The second kappa shape index (κ2) is 5.58. The molecule has 0 unspecified atom stereocenters. The summed E-state index contributed by atoms with van der Waals surface area (Å²) in [6.07, 6.45) is 3.61. The van der Waals surface area contributed by atoms with Crippen LogP contribution in [0.25, 0.3) is 0 Å². The maximum atomic E-state index is 5.97. The molecule has 0 amide bonds. The maximum absolute atomic E-state index is 5.97. The standard InChI is InChI=1S/C10H9Cl3N4/c11-7-6-8(12)10(16-9(7)13)14-3-5-17-4-1-2-15-17/h1-2,4,6H,3,5H2,(H,14,16). The summed E-state index contributed by atoms with van der Waals surface area (Å²) in [5.74, 6) is 0.522. The van der Waals surface area contributed by atoms with Crippen molar-refractivity contribution in [1.82, 2.24) is 14.8 Å². The van der Waals surface area contributed by atoms with Crippen LogP contribution in [0.3, 0.4) is 0 Å². The lowest BCUT2D eigenvalue weighted by molar-refractivity contribution is 0.637. The SMILES string of the molecule is Clc1cc(Cl)c(NCCn2cccn2)nc1Cl. The molecular formula is C10H9Cl3N4. The van der Waals surface area contributed by atoms with Crippen molar-refractivity contribution in [2.24, 2.45) is 0 Å². The third kappa shape index (κ3) is 3.25. The number of aromatic nitrogens is 3. The zero-order chi connectivity index (χ0) is 12.3. The molecule has 17 heavy (non-hydrogen) atoms. The van der Waals surface area contributed by atoms with Crippen molar-refractivity contribution in [3.8, 4) is 0 Å². The van der Waals surface area contributed by atoms with Crippen molar-refractivity contribution in [2.45, 2.75) is 6.54 Å². The Bertz CT molecular complexity index is 499. The van der Waals surface area contributed by atoms with Crippen LogP contribution in [0.5, 0.6) is 0 Å². The van der Waals surface area contributed by atoms with Gasteiger partial charge in [0.25, 0.3) is 0 Å². The molecule has 0 radical (unpaired) electrons. The molecule has 0 fully saturated rings. The van der Waals surface area contributed by atoms with Crippen LogP contribution in [0.4, 0.5) is 5.82 Å². The zero-order valence-electron chi connectivity index (χ0n) is 8.70. The van der Waals surface area contributed by atoms with Crippen molar-refractivity contribution in [3.63, 3.8) is 0 Å². The smallest absolute Gasteiger partial charge is 0.150 e. The zero-order valence-corrected chi connectivity index (χ0v) is 11.0. The predicted octanol–water partition coefficient (Wildman–Crippen LogP) is 3.35. The van der Waals surface area contributed by atoms with Crippen LogP contribution in [0.1, 0.15) is 0 Å². The van der Waals surface area contributed by atoms with Gasteiger partial charge in [-0.1, -0.05) is 34.8 Å². The van der Waals surface area contributed by atoms with E-state index in [4.69, 9.17) is 34.8 Å². The molecule has 2 rings (SSSR count). The van der Waals surface area contributed by atoms with E-state index in [1.807, 2.05) is 12.3 Å². The van der Waals surface area contributed by atoms with Gasteiger partial charge in [0.1, 0.15) is 11.0 Å². The van der Waals surface area contributed by atoms with E-state index in [0.29, 0.717) is 29.0 Å². The second-order valence-electron chi connectivity index (χ2n) is 3.29. The topological polar surface area (TPSA) is 42.7 Å². The van der Waals surface area contributed by atoms with Crippen molar-refractivity contribution in [1.29, 1.82) is 0 Å². The van der Waals surface area contributed by atoms with Crippen molar-refractivity contribution in [3.05, 3.63) is 39.7 Å². The number of hydrogen-bond donors (Lipinski definition) is 1. The summed E-state index contributed by atoms with van der Waals surface area (Å²) in [5, 5.41) is 8.17. The first kappa shape index (κ1) is 12.5. The molecule has 0 spiro atoms. The lowest BCUT2D eigenvalue weighted by atomic mass is 10.4. The molecule has 0 aliphatic heterocycles. The van der Waals surface area contributed by atoms with Crippen LogP contribution in [-0.4, -0.2) is 21.3 Å². The summed E-state index contributed by atoms with van der Waals surface area (Å²) >= 11 is 17.6. The molecule has 2 aromatic rings. The summed E-state index contributed by atoms with van der Waals surface area (Å²) in [4.78, 5) is 4.05. The first-order valence-corrected chi connectivity index (χ1v) is 6.03. The molecule has 2 aromatic heterocycles. The maximum Gasteiger partial charge on any atom is 0.150 e. The van der Waals surface area contributed by atoms with Crippen molar-refractivity contribution >= 4 is 40.6 Å². The summed E-state index contributed by atoms with van der Waals surface area (Å²) in [7, 11) is 0. The molecule has 0 aliphatic carbocycles. The fraction of sp³-hybridized carbons (Fsp3) is 0.200. The Morgan fingerprint density at radius 2 is 2.06 bits per heavy atom. The van der Waals surface area contributed by atoms with E-state index in [1.165, 1.54) is 0 Å². The van der Waals surface area contributed by atoms with E-state index in [2.05, 4.69) is 15.4 Å². The first-order valence-electron chi connectivity index (χ1n) is 4.89. The van der Waals surface area contributed by atoms with Crippen LogP contribution >= 0.6 is 34.8 Å². The van der Waals surface area contributed by atoms with E-state index < -0.39 is 0 Å². The van der Waals surface area contributed by atoms with Crippen LogP contribution in [0.2, 0.25) is 15.2 Å². The molecule has 0 saturated carbocycles. The number of nitrogens with one attached hydrogen (secondary N) is 1. The number of nitrogens with zero attached hydrogens (tertiary/aromatic N) is 3. The largest absolute Gasteiger partial charge is 0.367 e. The number of anilines is 1. The summed E-state index contributed by atoms with van der Waals surface area (Å²) in [6, 6.07) is 3.43. The highest BCUT2D eigenvalue weighted by atomic mass is 35.5. The Hall–Kier alpha value is -0.970. The number of pyridine rings is 1. The minimum Gasteiger partial charge on any atom is -0.367 e. The normalized spacial score (nSPS) is 10.5. The fourth-order valence-corrected chi connectivity index (χ4v) is 1.85. The van der Waals surface area contributed by atoms with E-state index in [1.54, 1.807) is 16.9 Å². The Kier molecular flexibility index (Phi) is 4.10. The van der Waals surface area contributed by atoms with Crippen LogP contribution in [0.15, 0.2) is 24.5 Å². The van der Waals surface area contributed by atoms with E-state index in [0.717, 1.165) is 0 Å². The van der Waals surface area contributed by atoms with Crippen molar-refractivity contribution in [2.75, 3.05) is 11.9 Å². The second-order valence-corrected chi connectivity index (χ2v) is 4.46. The average molecular weight is 292 g/mol. The van der Waals surface area contributed by atoms with Gasteiger partial charge in [0.05, 0.1) is 16.6 Å². The summed E-state index contributed by atoms with van der Waals surface area (Å²) < 4.78 is 1.80. The van der Waals surface area contributed by atoms with Crippen LogP contribution < -0.4 is 5.32 Å². The molecule has 7 heteroatoms. The third-order valence-corrected chi connectivity index (χ3v) is 3.04. The van der Waals surface area contributed by atoms with Crippen molar-refractivity contribution < 1.29 is 0 Å². The molecule has 1 N–H and O–H groups in total. The Morgan fingerprint density at radius 3 is 2.76 bits per heavy atom. The number of rotatable bonds is 4. The van der Waals surface area contributed by atoms with Gasteiger partial charge in [0, 0.05) is 18.9 Å². The summed E-state index contributed by atoms with van der Waals surface area (Å²) in [5.41, 5.74) is 0. The molecule has 0 bridgehead atoms. The van der Waals surface area contributed by atoms with Gasteiger partial charge in [0.15, 0.2) is 0 Å². The van der Waals surface area contributed by atoms with E-state index >= 15 is 0 Å². The molecule has 2 heterocycles. The minimum absolute atomic E-state index is 0.234. The molecule has 90 valence electrons. The van der Waals surface area contributed by atoms with Gasteiger partial charge >= 0.3 is 0 Å². The highest BCUT2D eigenvalue weighted by Gasteiger charge is 2.07. The molecule has 0 saturated heterocycles. The molecular weight excluding hydrogens is 282 g/mol. The number of hydrogen-bond acceptors (Lipinski definition) is 3. The summed E-state index contributed by atoms with van der Waals surface area (Å²) in [6.45, 7) is 1.36. The van der Waals surface area contributed by atoms with Gasteiger partial charge in [-0.25, -0.2) is 4.98 Å². The van der Waals surface area contributed by atoms with Gasteiger partial charge < -0.3 is 5.32 Å². The van der Waals surface area contributed by atoms with Gasteiger partial charge in [-0.2, -0.15) is 5.10 Å². The Morgan fingerprint density at radius 1 is 1.24 bits per heavy atom. The Balaban J connectivity index is 1.97. The van der Waals surface area contributed by atoms with Gasteiger partial charge in [0.2, 0.25) is 0 Å². The molecule has 4 nitrogen and oxygen atoms in total. The predicted molar refractivity (Wildman–Crippen MR) is 70.0 cm³/mol. The molecule has 0 aromatic carbocycles. The van der Waals surface area contributed by atoms with Crippen LogP contribution in [0, 0.1) is 0 Å². The third-order valence-electron chi connectivity index (χ3n) is 2.08. The van der Waals surface area contributed by atoms with Gasteiger partial charge in [-0.15, -0.1) is 0 Å². The first-order chi connectivity index (χ1) is 8.16. The average Bonchev–Trinajstić information content (AvgIpc) is 2.78. The van der Waals surface area contributed by atoms with Crippen LogP contribution in [-0.2, 0) is 6.54 Å². The highest BCUT2D eigenvalue weighted by Crippen LogP contribution is 2.28. The molecule has 0 atom stereocenters. The quantitative estimate of drug-likeness (QED) is 0.879. The minimum atomic E-state index is 0.234. The lowest BCUT2D eigenvalue weighted by Gasteiger charge is -2.08. The Labute approximate surface area is 114 Å². The van der Waals surface area contributed by atoms with E-state index in [-0.39, 0.29) is 5.15 Å². The fourth-order valence-electron chi connectivity index (χ4n) is 1.29. The highest BCUT2D eigenvalue weighted by molar-refractivity contribution is 6.42. The van der Waals surface area contributed by atoms with E-state index in [9.17, 15) is 0 Å². The lowest BCUT2D eigenvalue weighted by Crippen LogP contribution is -2.12. The number of halogens is 3. The monoisotopic (exact) mass is 290 g/mol. The van der Waals surface area contributed by atoms with Gasteiger partial charge in [-0.3, -0.25) is 4.68 Å².